The maximum absolute atomic E-state index is 12.9. The van der Waals surface area contributed by atoms with E-state index in [9.17, 15) is 22.8 Å². The van der Waals surface area contributed by atoms with E-state index in [1.165, 1.54) is 18.0 Å². The molecule has 0 bridgehead atoms. The monoisotopic (exact) mass is 525 g/mol. The SMILES string of the molecule is CC[C@H]1O[C@@H](N2C=C(CN(C)C(=O)C(F)(F)F)C(=O)NC2SC)[C@@H](O[Si](C)(C)C(C)(C)C)C1C. The molecular weight excluding hydrogens is 487 g/mol. The second kappa shape index (κ2) is 10.4. The molecule has 12 heteroatoms. The molecule has 0 saturated carbocycles. The van der Waals surface area contributed by atoms with Gasteiger partial charge in [-0.1, -0.05) is 34.6 Å². The van der Waals surface area contributed by atoms with E-state index in [1.807, 2.05) is 18.1 Å². The van der Waals surface area contributed by atoms with Crippen LogP contribution in [0.15, 0.2) is 11.8 Å². The van der Waals surface area contributed by atoms with Crippen molar-refractivity contribution in [1.29, 1.82) is 0 Å². The first-order chi connectivity index (χ1) is 15.4. The van der Waals surface area contributed by atoms with E-state index in [0.29, 0.717) is 4.90 Å². The number of halogens is 3. The lowest BCUT2D eigenvalue weighted by Crippen LogP contribution is -2.58. The van der Waals surface area contributed by atoms with Crippen molar-refractivity contribution in [2.45, 2.75) is 89.3 Å². The van der Waals surface area contributed by atoms with E-state index < -0.39 is 44.6 Å². The molecule has 1 saturated heterocycles. The third-order valence-electron chi connectivity index (χ3n) is 6.97. The summed E-state index contributed by atoms with van der Waals surface area (Å²) in [4.78, 5) is 26.6. The van der Waals surface area contributed by atoms with Crippen LogP contribution in [0.1, 0.15) is 41.0 Å². The highest BCUT2D eigenvalue weighted by Crippen LogP contribution is 2.43. The molecular formula is C22H38F3N3O4SSi. The number of nitrogens with zero attached hydrogens (tertiary/aromatic N) is 2. The maximum atomic E-state index is 12.9. The van der Waals surface area contributed by atoms with Gasteiger partial charge >= 0.3 is 12.1 Å². The first-order valence-electron chi connectivity index (χ1n) is 11.4. The number of thioether (sulfide) groups is 1. The zero-order valence-electron chi connectivity index (χ0n) is 21.4. The molecule has 0 aromatic rings. The lowest BCUT2D eigenvalue weighted by Gasteiger charge is -2.44. The number of ether oxygens (including phenoxy) is 1. The predicted molar refractivity (Wildman–Crippen MR) is 129 cm³/mol. The summed E-state index contributed by atoms with van der Waals surface area (Å²) in [7, 11) is -1.16. The van der Waals surface area contributed by atoms with Crippen molar-refractivity contribution in [3.63, 3.8) is 0 Å². The molecule has 196 valence electrons. The maximum Gasteiger partial charge on any atom is 0.471 e. The van der Waals surface area contributed by atoms with E-state index in [-0.39, 0.29) is 28.7 Å². The molecule has 2 aliphatic heterocycles. The first-order valence-corrected chi connectivity index (χ1v) is 15.6. The fourth-order valence-corrected chi connectivity index (χ4v) is 5.89. The van der Waals surface area contributed by atoms with Crippen LogP contribution in [0.4, 0.5) is 13.2 Å². The number of hydrogen-bond donors (Lipinski definition) is 1. The van der Waals surface area contributed by atoms with Crippen molar-refractivity contribution in [3.8, 4) is 0 Å². The number of hydrogen-bond acceptors (Lipinski definition) is 6. The highest BCUT2D eigenvalue weighted by molar-refractivity contribution is 7.99. The lowest BCUT2D eigenvalue weighted by molar-refractivity contribution is -0.183. The van der Waals surface area contributed by atoms with Gasteiger partial charge in [0.15, 0.2) is 20.0 Å². The van der Waals surface area contributed by atoms with Crippen LogP contribution in [0.25, 0.3) is 0 Å². The Balaban J connectivity index is 2.41. The number of carbonyl (C=O) groups excluding carboxylic acids is 2. The third-order valence-corrected chi connectivity index (χ3v) is 12.3. The van der Waals surface area contributed by atoms with Gasteiger partial charge in [-0.3, -0.25) is 9.59 Å². The zero-order chi connectivity index (χ0) is 26.2. The molecule has 1 N–H and O–H groups in total. The van der Waals surface area contributed by atoms with Crippen LogP contribution in [0.2, 0.25) is 18.1 Å². The lowest BCUT2D eigenvalue weighted by atomic mass is 9.98. The Labute approximate surface area is 205 Å². The summed E-state index contributed by atoms with van der Waals surface area (Å²) < 4.78 is 51.8. The van der Waals surface area contributed by atoms with Crippen LogP contribution in [-0.2, 0) is 18.8 Å². The number of carbonyl (C=O) groups is 2. The Morgan fingerprint density at radius 3 is 2.38 bits per heavy atom. The molecule has 0 aromatic carbocycles. The second-order valence-corrected chi connectivity index (χ2v) is 16.2. The molecule has 2 rings (SSSR count). The summed E-state index contributed by atoms with van der Waals surface area (Å²) in [6, 6.07) is 0. The van der Waals surface area contributed by atoms with Gasteiger partial charge in [-0.25, -0.2) is 0 Å². The number of likely N-dealkylation sites (N-methyl/N-ethyl adjacent to an activating group) is 1. The number of alkyl halides is 3. The number of rotatable bonds is 7. The molecule has 34 heavy (non-hydrogen) atoms. The highest BCUT2D eigenvalue weighted by atomic mass is 32.2. The minimum Gasteiger partial charge on any atom is -0.409 e. The van der Waals surface area contributed by atoms with Gasteiger partial charge in [0.1, 0.15) is 0 Å². The summed E-state index contributed by atoms with van der Waals surface area (Å²) in [5.74, 6) is -2.44. The molecule has 0 spiro atoms. The summed E-state index contributed by atoms with van der Waals surface area (Å²) in [6.07, 6.45) is -1.77. The Morgan fingerprint density at radius 2 is 1.91 bits per heavy atom. The minimum absolute atomic E-state index is 0.0295. The fraction of sp³-hybridized carbons (Fsp3) is 0.818. The third kappa shape index (κ3) is 6.11. The van der Waals surface area contributed by atoms with Crippen LogP contribution in [0.5, 0.6) is 0 Å². The molecule has 2 heterocycles. The van der Waals surface area contributed by atoms with Crippen molar-refractivity contribution < 1.29 is 31.9 Å². The zero-order valence-corrected chi connectivity index (χ0v) is 23.3. The molecule has 2 aliphatic rings. The molecule has 0 aliphatic carbocycles. The van der Waals surface area contributed by atoms with E-state index in [2.05, 4.69) is 46.1 Å². The van der Waals surface area contributed by atoms with Crippen LogP contribution in [-0.4, -0.2) is 79.9 Å². The van der Waals surface area contributed by atoms with Crippen molar-refractivity contribution in [1.82, 2.24) is 15.1 Å². The molecule has 0 aromatic heterocycles. The Bertz CT molecular complexity index is 803. The molecule has 5 atom stereocenters. The van der Waals surface area contributed by atoms with Gasteiger partial charge < -0.3 is 24.3 Å². The Hall–Kier alpha value is -1.24. The van der Waals surface area contributed by atoms with Gasteiger partial charge in [0.05, 0.1) is 24.3 Å². The van der Waals surface area contributed by atoms with Crippen molar-refractivity contribution in [2.24, 2.45) is 5.92 Å². The van der Waals surface area contributed by atoms with Gasteiger partial charge in [-0.05, 0) is 30.8 Å². The van der Waals surface area contributed by atoms with E-state index in [4.69, 9.17) is 9.16 Å². The van der Waals surface area contributed by atoms with Crippen molar-refractivity contribution in [2.75, 3.05) is 19.8 Å². The molecule has 2 unspecified atom stereocenters. The van der Waals surface area contributed by atoms with E-state index in [1.54, 1.807) is 0 Å². The number of nitrogens with one attached hydrogen (secondary N) is 1. The summed E-state index contributed by atoms with van der Waals surface area (Å²) >= 11 is 1.38. The van der Waals surface area contributed by atoms with Crippen LogP contribution < -0.4 is 5.32 Å². The van der Waals surface area contributed by atoms with Gasteiger partial charge in [-0.15, -0.1) is 11.8 Å². The minimum atomic E-state index is -5.01. The summed E-state index contributed by atoms with van der Waals surface area (Å²) in [6.45, 7) is 14.4. The van der Waals surface area contributed by atoms with Gasteiger partial charge in [0.25, 0.3) is 5.91 Å². The van der Waals surface area contributed by atoms with Crippen LogP contribution in [0.3, 0.4) is 0 Å². The smallest absolute Gasteiger partial charge is 0.409 e. The summed E-state index contributed by atoms with van der Waals surface area (Å²) in [5, 5.41) is 2.80. The number of amides is 2. The Kier molecular flexibility index (Phi) is 8.86. The van der Waals surface area contributed by atoms with Crippen LogP contribution in [0, 0.1) is 5.92 Å². The second-order valence-electron chi connectivity index (χ2n) is 10.5. The average molecular weight is 526 g/mol. The van der Waals surface area contributed by atoms with Gasteiger partial charge in [-0.2, -0.15) is 13.2 Å². The van der Waals surface area contributed by atoms with E-state index >= 15 is 0 Å². The Morgan fingerprint density at radius 1 is 1.32 bits per heavy atom. The first kappa shape index (κ1) is 29.0. The predicted octanol–water partition coefficient (Wildman–Crippen LogP) is 4.13. The largest absolute Gasteiger partial charge is 0.471 e. The molecule has 2 amide bonds. The normalized spacial score (nSPS) is 28.6. The van der Waals surface area contributed by atoms with Crippen LogP contribution >= 0.6 is 11.8 Å². The van der Waals surface area contributed by atoms with E-state index in [0.717, 1.165) is 13.5 Å². The standard InChI is InChI=1S/C22H38F3N3O4SSi/c1-10-15-13(2)16(32-34(8,9)21(3,4)5)18(31-15)28-12-14(17(29)26-20(28)33-7)11-27(6)19(30)22(23,24)25/h12-13,15-16,18,20H,10-11H2,1-9H3,(H,26,29)/t13?,15-,16+,18-,20?/m1/s1. The molecule has 1 fully saturated rings. The summed E-state index contributed by atoms with van der Waals surface area (Å²) in [5.41, 5.74) is -0.439. The quantitative estimate of drug-likeness (QED) is 0.504. The van der Waals surface area contributed by atoms with Crippen molar-refractivity contribution in [3.05, 3.63) is 11.8 Å². The van der Waals surface area contributed by atoms with Gasteiger partial charge in [0.2, 0.25) is 0 Å². The highest BCUT2D eigenvalue weighted by Gasteiger charge is 2.51. The average Bonchev–Trinajstić information content (AvgIpc) is 3.01. The fourth-order valence-electron chi connectivity index (χ4n) is 3.87. The van der Waals surface area contributed by atoms with Gasteiger partial charge in [0, 0.05) is 19.2 Å². The van der Waals surface area contributed by atoms with Crippen molar-refractivity contribution >= 4 is 31.9 Å². The topological polar surface area (TPSA) is 71.1 Å². The molecule has 0 radical (unpaired) electrons. The molecule has 7 nitrogen and oxygen atoms in total.